The standard InChI is InChI=1S/C25H26BrN3O2/c1-31-20-5-4-15-28(17-20)23(30)12-13-25(18-8-10-19(26)11-9-18)22-7-3-2-6-21(22)24-27-14-16-29(24)25/h2-3,6-11,14,16,20H,4-5,12-13,15,17H2,1H3. The lowest BCUT2D eigenvalue weighted by Gasteiger charge is -2.36. The molecule has 5 rings (SSSR count). The highest BCUT2D eigenvalue weighted by molar-refractivity contribution is 9.10. The van der Waals surface area contributed by atoms with Crippen molar-refractivity contribution in [2.75, 3.05) is 20.2 Å². The fraction of sp³-hybridized carbons (Fsp3) is 0.360. The Morgan fingerprint density at radius 1 is 1.23 bits per heavy atom. The summed E-state index contributed by atoms with van der Waals surface area (Å²) in [6.45, 7) is 1.50. The number of nitrogens with zero attached hydrogens (tertiary/aromatic N) is 3. The van der Waals surface area contributed by atoms with Crippen molar-refractivity contribution in [1.29, 1.82) is 0 Å². The van der Waals surface area contributed by atoms with Crippen LogP contribution < -0.4 is 0 Å². The molecule has 1 amide bonds. The lowest BCUT2D eigenvalue weighted by molar-refractivity contribution is -0.135. The zero-order chi connectivity index (χ0) is 21.4. The summed E-state index contributed by atoms with van der Waals surface area (Å²) >= 11 is 3.56. The van der Waals surface area contributed by atoms with E-state index in [1.807, 2.05) is 17.3 Å². The summed E-state index contributed by atoms with van der Waals surface area (Å²) in [6, 6.07) is 16.9. The fourth-order valence-corrected chi connectivity index (χ4v) is 5.47. The molecule has 1 fully saturated rings. The summed E-state index contributed by atoms with van der Waals surface area (Å²) in [6.07, 6.45) is 7.22. The van der Waals surface area contributed by atoms with Crippen LogP contribution in [0.15, 0.2) is 65.4 Å². The maximum absolute atomic E-state index is 13.2. The van der Waals surface area contributed by atoms with Crippen LogP contribution in [0.3, 0.4) is 0 Å². The number of aromatic nitrogens is 2. The molecule has 2 atom stereocenters. The van der Waals surface area contributed by atoms with Crippen molar-refractivity contribution in [1.82, 2.24) is 14.5 Å². The number of methoxy groups -OCH3 is 1. The van der Waals surface area contributed by atoms with E-state index in [1.165, 1.54) is 11.1 Å². The van der Waals surface area contributed by atoms with E-state index >= 15 is 0 Å². The second-order valence-electron chi connectivity index (χ2n) is 8.37. The Labute approximate surface area is 191 Å². The number of piperidine rings is 1. The average Bonchev–Trinajstić information content (AvgIpc) is 3.39. The number of likely N-dealkylation sites (tertiary alicyclic amines) is 1. The van der Waals surface area contributed by atoms with Crippen LogP contribution in [0.2, 0.25) is 0 Å². The highest BCUT2D eigenvalue weighted by Gasteiger charge is 2.45. The molecule has 0 N–H and O–H groups in total. The first-order valence-corrected chi connectivity index (χ1v) is 11.6. The zero-order valence-electron chi connectivity index (χ0n) is 17.6. The topological polar surface area (TPSA) is 47.4 Å². The van der Waals surface area contributed by atoms with E-state index in [9.17, 15) is 4.79 Å². The van der Waals surface area contributed by atoms with E-state index in [2.05, 4.69) is 74.0 Å². The summed E-state index contributed by atoms with van der Waals surface area (Å²) in [5.41, 5.74) is 3.07. The van der Waals surface area contributed by atoms with E-state index in [0.29, 0.717) is 19.4 Å². The first-order chi connectivity index (χ1) is 15.1. The second kappa shape index (κ2) is 8.24. The van der Waals surface area contributed by atoms with Crippen molar-refractivity contribution in [3.8, 4) is 11.4 Å². The number of halogens is 1. The molecule has 0 spiro atoms. The SMILES string of the molecule is COC1CCCN(C(=O)CCC2(c3ccc(Br)cc3)c3ccccc3-c3nccn32)C1. The van der Waals surface area contributed by atoms with Gasteiger partial charge < -0.3 is 14.2 Å². The van der Waals surface area contributed by atoms with Crippen molar-refractivity contribution >= 4 is 21.8 Å². The minimum absolute atomic E-state index is 0.144. The van der Waals surface area contributed by atoms with Gasteiger partial charge in [0.05, 0.1) is 11.6 Å². The van der Waals surface area contributed by atoms with Gasteiger partial charge in [-0.15, -0.1) is 0 Å². The number of hydrogen-bond acceptors (Lipinski definition) is 3. The Hall–Kier alpha value is -2.44. The number of carbonyl (C=O) groups excluding carboxylic acids is 1. The summed E-state index contributed by atoms with van der Waals surface area (Å²) in [5, 5.41) is 0. The molecule has 1 aromatic heterocycles. The van der Waals surface area contributed by atoms with Crippen LogP contribution in [0.25, 0.3) is 11.4 Å². The summed E-state index contributed by atoms with van der Waals surface area (Å²) in [4.78, 5) is 19.9. The molecule has 6 heteroatoms. The molecule has 0 aliphatic carbocycles. The minimum Gasteiger partial charge on any atom is -0.380 e. The number of rotatable bonds is 5. The van der Waals surface area contributed by atoms with E-state index in [0.717, 1.165) is 35.2 Å². The van der Waals surface area contributed by atoms with Gasteiger partial charge in [0.15, 0.2) is 0 Å². The van der Waals surface area contributed by atoms with Crippen molar-refractivity contribution in [2.45, 2.75) is 37.3 Å². The number of benzene rings is 2. The first-order valence-electron chi connectivity index (χ1n) is 10.8. The van der Waals surface area contributed by atoms with Gasteiger partial charge in [-0.2, -0.15) is 0 Å². The summed E-state index contributed by atoms with van der Waals surface area (Å²) in [5.74, 6) is 1.16. The Balaban J connectivity index is 1.53. The number of carbonyl (C=O) groups is 1. The fourth-order valence-electron chi connectivity index (χ4n) is 5.20. The first kappa shape index (κ1) is 20.5. The molecule has 31 heavy (non-hydrogen) atoms. The van der Waals surface area contributed by atoms with Crippen LogP contribution in [0.4, 0.5) is 0 Å². The van der Waals surface area contributed by atoms with Gasteiger partial charge in [0.25, 0.3) is 0 Å². The smallest absolute Gasteiger partial charge is 0.222 e. The molecule has 160 valence electrons. The van der Waals surface area contributed by atoms with Gasteiger partial charge in [-0.25, -0.2) is 4.98 Å². The van der Waals surface area contributed by atoms with Crippen LogP contribution in [0.5, 0.6) is 0 Å². The average molecular weight is 480 g/mol. The van der Waals surface area contributed by atoms with Gasteiger partial charge in [-0.05, 0) is 42.5 Å². The number of ether oxygens (including phenoxy) is 1. The van der Waals surface area contributed by atoms with E-state index in [-0.39, 0.29) is 12.0 Å². The van der Waals surface area contributed by atoms with Crippen LogP contribution >= 0.6 is 15.9 Å². The third-order valence-electron chi connectivity index (χ3n) is 6.75. The molecule has 5 nitrogen and oxygen atoms in total. The second-order valence-corrected chi connectivity index (χ2v) is 9.29. The maximum atomic E-state index is 13.2. The molecule has 0 radical (unpaired) electrons. The molecule has 0 bridgehead atoms. The number of amides is 1. The predicted molar refractivity (Wildman–Crippen MR) is 124 cm³/mol. The Morgan fingerprint density at radius 3 is 2.84 bits per heavy atom. The third kappa shape index (κ3) is 3.42. The molecule has 2 aliphatic heterocycles. The van der Waals surface area contributed by atoms with E-state index < -0.39 is 5.54 Å². The van der Waals surface area contributed by atoms with Crippen LogP contribution in [-0.4, -0.2) is 46.7 Å². The molecular weight excluding hydrogens is 454 g/mol. The van der Waals surface area contributed by atoms with Gasteiger partial charge in [0, 0.05) is 49.0 Å². The van der Waals surface area contributed by atoms with E-state index in [4.69, 9.17) is 4.74 Å². The highest BCUT2D eigenvalue weighted by atomic mass is 79.9. The van der Waals surface area contributed by atoms with Gasteiger partial charge in [-0.3, -0.25) is 4.79 Å². The lowest BCUT2D eigenvalue weighted by atomic mass is 9.79. The monoisotopic (exact) mass is 479 g/mol. The van der Waals surface area contributed by atoms with Gasteiger partial charge >= 0.3 is 0 Å². The Morgan fingerprint density at radius 2 is 2.03 bits per heavy atom. The largest absolute Gasteiger partial charge is 0.380 e. The van der Waals surface area contributed by atoms with Crippen molar-refractivity contribution < 1.29 is 9.53 Å². The molecule has 3 heterocycles. The summed E-state index contributed by atoms with van der Waals surface area (Å²) in [7, 11) is 1.73. The van der Waals surface area contributed by atoms with Gasteiger partial charge in [0.2, 0.25) is 5.91 Å². The van der Waals surface area contributed by atoms with Crippen molar-refractivity contribution in [3.63, 3.8) is 0 Å². The predicted octanol–water partition coefficient (Wildman–Crippen LogP) is 4.84. The van der Waals surface area contributed by atoms with Crippen LogP contribution in [0.1, 0.15) is 36.8 Å². The molecule has 0 saturated carbocycles. The minimum atomic E-state index is -0.449. The molecule has 2 unspecified atom stereocenters. The Bertz CT molecular complexity index is 1090. The quantitative estimate of drug-likeness (QED) is 0.526. The molecule has 1 saturated heterocycles. The third-order valence-corrected chi connectivity index (χ3v) is 7.28. The van der Waals surface area contributed by atoms with Gasteiger partial charge in [-0.1, -0.05) is 52.3 Å². The lowest BCUT2D eigenvalue weighted by Crippen LogP contribution is -2.44. The molecule has 3 aromatic rings. The van der Waals surface area contributed by atoms with Crippen LogP contribution in [-0.2, 0) is 15.1 Å². The number of imidazole rings is 1. The zero-order valence-corrected chi connectivity index (χ0v) is 19.2. The number of fused-ring (bicyclic) bond motifs is 3. The molecule has 2 aromatic carbocycles. The van der Waals surface area contributed by atoms with Gasteiger partial charge in [0.1, 0.15) is 5.82 Å². The van der Waals surface area contributed by atoms with Crippen molar-refractivity contribution in [2.24, 2.45) is 0 Å². The van der Waals surface area contributed by atoms with E-state index in [1.54, 1.807) is 7.11 Å². The maximum Gasteiger partial charge on any atom is 0.222 e. The normalized spacial score (nSPS) is 22.3. The Kier molecular flexibility index (Phi) is 5.44. The number of hydrogen-bond donors (Lipinski definition) is 0. The summed E-state index contributed by atoms with van der Waals surface area (Å²) < 4.78 is 8.81. The van der Waals surface area contributed by atoms with Crippen molar-refractivity contribution in [3.05, 3.63) is 76.5 Å². The molecule has 2 aliphatic rings. The van der Waals surface area contributed by atoms with Crippen LogP contribution in [0, 0.1) is 0 Å². The highest BCUT2D eigenvalue weighted by Crippen LogP contribution is 2.49. The molecular formula is C25H26BrN3O2.